The van der Waals surface area contributed by atoms with Crippen LogP contribution in [0.15, 0.2) is 33.9 Å². The van der Waals surface area contributed by atoms with Gasteiger partial charge in [-0.3, -0.25) is 18.7 Å². The fourth-order valence-corrected chi connectivity index (χ4v) is 4.00. The molecule has 10 heteroatoms. The van der Waals surface area contributed by atoms with Crippen LogP contribution >= 0.6 is 0 Å². The highest BCUT2D eigenvalue weighted by molar-refractivity contribution is 5.79. The van der Waals surface area contributed by atoms with E-state index >= 15 is 0 Å². The maximum atomic E-state index is 12.9. The number of fused-ring (bicyclic) bond motifs is 1. The van der Waals surface area contributed by atoms with Gasteiger partial charge in [0.05, 0.1) is 0 Å². The van der Waals surface area contributed by atoms with Crippen molar-refractivity contribution in [2.45, 2.75) is 71.6 Å². The van der Waals surface area contributed by atoms with Crippen molar-refractivity contribution in [1.82, 2.24) is 19.1 Å². The molecule has 2 unspecified atom stereocenters. The van der Waals surface area contributed by atoms with E-state index in [9.17, 15) is 14.4 Å². The van der Waals surface area contributed by atoms with Crippen LogP contribution in [0.4, 0.5) is 0 Å². The topological polar surface area (TPSA) is 151 Å². The maximum absolute atomic E-state index is 12.9. The predicted octanol–water partition coefficient (Wildman–Crippen LogP) is 1.63. The van der Waals surface area contributed by atoms with E-state index in [1.54, 1.807) is 16.7 Å². The lowest BCUT2D eigenvalue weighted by Gasteiger charge is -2.15. The highest BCUT2D eigenvalue weighted by atomic mass is 16.5. The summed E-state index contributed by atoms with van der Waals surface area (Å²) in [7, 11) is 0. The first-order chi connectivity index (χ1) is 16.3. The molecule has 2 aromatic heterocycles. The minimum absolute atomic E-state index is 0.0287. The molecular weight excluding hydrogens is 436 g/mol. The number of amides is 1. The lowest BCUT2D eigenvalue weighted by molar-refractivity contribution is -0.124. The van der Waals surface area contributed by atoms with Crippen LogP contribution < -0.4 is 27.5 Å². The van der Waals surface area contributed by atoms with Crippen molar-refractivity contribution in [2.24, 2.45) is 11.5 Å². The highest BCUT2D eigenvalue weighted by Gasteiger charge is 2.20. The summed E-state index contributed by atoms with van der Waals surface area (Å²) in [6.07, 6.45) is 1.70. The van der Waals surface area contributed by atoms with Gasteiger partial charge in [0.25, 0.3) is 11.5 Å². The van der Waals surface area contributed by atoms with Gasteiger partial charge in [-0.15, -0.1) is 0 Å². The van der Waals surface area contributed by atoms with E-state index in [2.05, 4.69) is 9.97 Å². The number of rotatable bonds is 12. The minimum Gasteiger partial charge on any atom is -0.481 e. The standard InChI is InChI=1S/C24H34N6O4/c1-4-12-29-22-19(23(32)30(13-5-2)24(29)33)27-21(28-22)15(3)14-16-6-8-17(9-7-16)34-18(10-11-25)20(26)31/h6-9,15,18H,4-5,10-14,25H2,1-3H3,(H2,26,31)(H,27,28). The normalized spacial score (nSPS) is 13.2. The van der Waals surface area contributed by atoms with Gasteiger partial charge in [0.2, 0.25) is 0 Å². The SMILES string of the molecule is CCCn1c(=O)c2nc(C(C)Cc3ccc(OC(CCN)C(N)=O)cc3)[nH]c2n(CCC)c1=O. The van der Waals surface area contributed by atoms with Crippen molar-refractivity contribution in [3.05, 3.63) is 56.5 Å². The molecular formula is C24H34N6O4. The summed E-state index contributed by atoms with van der Waals surface area (Å²) < 4.78 is 8.53. The molecule has 184 valence electrons. The number of aryl methyl sites for hydroxylation is 1. The third-order valence-corrected chi connectivity index (χ3v) is 5.73. The number of carbonyl (C=O) groups is 1. The van der Waals surface area contributed by atoms with Gasteiger partial charge in [0.1, 0.15) is 17.2 Å². The van der Waals surface area contributed by atoms with Crippen LogP contribution in [-0.2, 0) is 24.3 Å². The second kappa shape index (κ2) is 11.1. The summed E-state index contributed by atoms with van der Waals surface area (Å²) in [5.41, 5.74) is 12.0. The van der Waals surface area contributed by atoms with Gasteiger partial charge in [-0.25, -0.2) is 9.78 Å². The first-order valence-corrected chi connectivity index (χ1v) is 11.8. The predicted molar refractivity (Wildman–Crippen MR) is 131 cm³/mol. The zero-order valence-corrected chi connectivity index (χ0v) is 20.0. The van der Waals surface area contributed by atoms with Crippen LogP contribution in [0.2, 0.25) is 0 Å². The number of nitrogens with zero attached hydrogens (tertiary/aromatic N) is 3. The van der Waals surface area contributed by atoms with Gasteiger partial charge in [-0.1, -0.05) is 32.9 Å². The Balaban J connectivity index is 1.84. The largest absolute Gasteiger partial charge is 0.481 e. The summed E-state index contributed by atoms with van der Waals surface area (Å²) in [5, 5.41) is 0. The number of nitrogens with one attached hydrogen (secondary N) is 1. The molecule has 34 heavy (non-hydrogen) atoms. The number of hydrogen-bond acceptors (Lipinski definition) is 6. The van der Waals surface area contributed by atoms with E-state index in [1.807, 2.05) is 32.9 Å². The second-order valence-electron chi connectivity index (χ2n) is 8.55. The number of hydrogen-bond donors (Lipinski definition) is 3. The second-order valence-corrected chi connectivity index (χ2v) is 8.55. The number of primary amides is 1. The maximum Gasteiger partial charge on any atom is 0.332 e. The Hall–Kier alpha value is -3.40. The summed E-state index contributed by atoms with van der Waals surface area (Å²) >= 11 is 0. The zero-order valence-electron chi connectivity index (χ0n) is 20.0. The van der Waals surface area contributed by atoms with Crippen molar-refractivity contribution >= 4 is 17.1 Å². The van der Waals surface area contributed by atoms with Crippen LogP contribution in [-0.4, -0.2) is 37.7 Å². The molecule has 1 aromatic carbocycles. The fourth-order valence-electron chi connectivity index (χ4n) is 4.00. The molecule has 1 amide bonds. The zero-order chi connectivity index (χ0) is 24.8. The molecule has 3 aromatic rings. The first kappa shape index (κ1) is 25.2. The average molecular weight is 471 g/mol. The van der Waals surface area contributed by atoms with E-state index in [4.69, 9.17) is 16.2 Å². The molecule has 2 heterocycles. The van der Waals surface area contributed by atoms with Gasteiger partial charge >= 0.3 is 5.69 Å². The summed E-state index contributed by atoms with van der Waals surface area (Å²) in [6.45, 7) is 7.11. The summed E-state index contributed by atoms with van der Waals surface area (Å²) in [4.78, 5) is 45.1. The molecule has 0 bridgehead atoms. The highest BCUT2D eigenvalue weighted by Crippen LogP contribution is 2.22. The molecule has 0 fully saturated rings. The van der Waals surface area contributed by atoms with Crippen molar-refractivity contribution in [3.63, 3.8) is 0 Å². The molecule has 0 aliphatic heterocycles. The van der Waals surface area contributed by atoms with Gasteiger partial charge in [0.15, 0.2) is 11.6 Å². The smallest absolute Gasteiger partial charge is 0.332 e. The molecule has 5 N–H and O–H groups in total. The summed E-state index contributed by atoms with van der Waals surface area (Å²) in [6, 6.07) is 7.40. The number of imidazole rings is 1. The number of nitrogens with two attached hydrogens (primary N) is 2. The van der Waals surface area contributed by atoms with E-state index < -0.39 is 12.0 Å². The van der Waals surface area contributed by atoms with Crippen LogP contribution in [0, 0.1) is 0 Å². The number of ether oxygens (including phenoxy) is 1. The molecule has 0 radical (unpaired) electrons. The minimum atomic E-state index is -0.761. The Bertz CT molecular complexity index is 1240. The van der Waals surface area contributed by atoms with Crippen molar-refractivity contribution in [2.75, 3.05) is 6.54 Å². The van der Waals surface area contributed by atoms with Gasteiger partial charge in [-0.2, -0.15) is 0 Å². The molecule has 0 saturated carbocycles. The Morgan fingerprint density at radius 2 is 1.76 bits per heavy atom. The molecule has 0 aliphatic rings. The van der Waals surface area contributed by atoms with E-state index in [0.29, 0.717) is 61.6 Å². The monoisotopic (exact) mass is 470 g/mol. The van der Waals surface area contributed by atoms with Gasteiger partial charge in [0, 0.05) is 25.4 Å². The molecule has 0 aliphatic carbocycles. The number of benzene rings is 1. The Morgan fingerprint density at radius 1 is 1.12 bits per heavy atom. The van der Waals surface area contributed by atoms with Crippen molar-refractivity contribution in [3.8, 4) is 5.75 Å². The Morgan fingerprint density at radius 3 is 2.35 bits per heavy atom. The van der Waals surface area contributed by atoms with E-state index in [1.165, 1.54) is 4.57 Å². The number of aromatic amines is 1. The van der Waals surface area contributed by atoms with Crippen LogP contribution in [0.5, 0.6) is 5.75 Å². The van der Waals surface area contributed by atoms with E-state index in [-0.39, 0.29) is 17.2 Å². The molecule has 2 atom stereocenters. The van der Waals surface area contributed by atoms with Crippen molar-refractivity contribution < 1.29 is 9.53 Å². The molecule has 3 rings (SSSR count). The Kier molecular flexibility index (Phi) is 8.27. The van der Waals surface area contributed by atoms with Crippen LogP contribution in [0.1, 0.15) is 57.3 Å². The lowest BCUT2D eigenvalue weighted by atomic mass is 10.0. The third-order valence-electron chi connectivity index (χ3n) is 5.73. The van der Waals surface area contributed by atoms with Gasteiger partial charge in [-0.05, 0) is 43.5 Å². The van der Waals surface area contributed by atoms with Gasteiger partial charge < -0.3 is 21.2 Å². The fraction of sp³-hybridized carbons (Fsp3) is 0.500. The quantitative estimate of drug-likeness (QED) is 0.366. The lowest BCUT2D eigenvalue weighted by Crippen LogP contribution is -2.40. The van der Waals surface area contributed by atoms with E-state index in [0.717, 1.165) is 12.0 Å². The Labute approximate surface area is 197 Å². The molecule has 10 nitrogen and oxygen atoms in total. The first-order valence-electron chi connectivity index (χ1n) is 11.8. The average Bonchev–Trinajstić information content (AvgIpc) is 3.26. The number of aromatic nitrogens is 4. The summed E-state index contributed by atoms with van der Waals surface area (Å²) in [5.74, 6) is 0.617. The third kappa shape index (κ3) is 5.39. The number of H-pyrrole nitrogens is 1. The molecule has 0 spiro atoms. The van der Waals surface area contributed by atoms with Crippen LogP contribution in [0.3, 0.4) is 0 Å². The number of carbonyl (C=O) groups excluding carboxylic acids is 1. The van der Waals surface area contributed by atoms with Crippen LogP contribution in [0.25, 0.3) is 11.2 Å². The van der Waals surface area contributed by atoms with Crippen molar-refractivity contribution in [1.29, 1.82) is 0 Å². The molecule has 0 saturated heterocycles.